The number of aromatic amines is 1. The molecule has 0 saturated carbocycles. The number of hydrogen-bond acceptors (Lipinski definition) is 8. The second-order valence-corrected chi connectivity index (χ2v) is 12.1. The van der Waals surface area contributed by atoms with Crippen LogP contribution >= 0.6 is 23.1 Å². The van der Waals surface area contributed by atoms with E-state index in [-0.39, 0.29) is 16.3 Å². The van der Waals surface area contributed by atoms with E-state index >= 15 is 0 Å². The molecule has 3 amide bonds. The smallest absolute Gasteiger partial charge is 0.416 e. The van der Waals surface area contributed by atoms with Gasteiger partial charge in [-0.1, -0.05) is 47.4 Å². The Hall–Kier alpha value is -4.56. The number of ether oxygens (including phenoxy) is 2. The van der Waals surface area contributed by atoms with Crippen molar-refractivity contribution in [3.63, 3.8) is 0 Å². The molecule has 2 aliphatic rings. The molecule has 3 heterocycles. The fraction of sp³-hybridized carbons (Fsp3) is 0.200. The highest BCUT2D eigenvalue weighted by Gasteiger charge is 2.56. The molecule has 14 heteroatoms. The first-order chi connectivity index (χ1) is 21.0. The van der Waals surface area contributed by atoms with E-state index in [1.165, 1.54) is 19.2 Å². The molecular weight excluding hydrogens is 619 g/mol. The lowest BCUT2D eigenvalue weighted by Gasteiger charge is -2.30. The van der Waals surface area contributed by atoms with Gasteiger partial charge < -0.3 is 19.8 Å². The molecule has 0 bridgehead atoms. The first-order valence-electron chi connectivity index (χ1n) is 13.2. The van der Waals surface area contributed by atoms with Crippen LogP contribution in [-0.4, -0.2) is 41.7 Å². The molecule has 1 fully saturated rings. The Kier molecular flexibility index (Phi) is 7.72. The van der Waals surface area contributed by atoms with E-state index in [0.29, 0.717) is 26.9 Å². The number of amides is 3. The van der Waals surface area contributed by atoms with Gasteiger partial charge in [0.1, 0.15) is 16.7 Å². The van der Waals surface area contributed by atoms with E-state index in [1.807, 2.05) is 0 Å². The van der Waals surface area contributed by atoms with E-state index in [0.717, 1.165) is 40.1 Å². The number of anilines is 2. The SMILES string of the molecule is COc1ccc(N2C(=O)C3Sc4[nH]c(=O)sc4[C@H](c4ccccc4OCC(=O)Nc4cccc(C(F)(F)F)c4)C3C2=O)cc1. The zero-order valence-electron chi connectivity index (χ0n) is 22.7. The normalized spacial score (nSPS) is 19.4. The van der Waals surface area contributed by atoms with Crippen molar-refractivity contribution in [2.45, 2.75) is 22.4 Å². The highest BCUT2D eigenvalue weighted by atomic mass is 32.2. The van der Waals surface area contributed by atoms with Gasteiger partial charge in [-0.2, -0.15) is 13.2 Å². The predicted octanol–water partition coefficient (Wildman–Crippen LogP) is 5.28. The molecule has 44 heavy (non-hydrogen) atoms. The monoisotopic (exact) mass is 641 g/mol. The van der Waals surface area contributed by atoms with E-state index in [9.17, 15) is 32.3 Å². The van der Waals surface area contributed by atoms with Crippen molar-refractivity contribution in [3.8, 4) is 11.5 Å². The van der Waals surface area contributed by atoms with Crippen LogP contribution in [0.1, 0.15) is 21.9 Å². The Balaban J connectivity index is 1.30. The van der Waals surface area contributed by atoms with Gasteiger partial charge >= 0.3 is 11.0 Å². The van der Waals surface area contributed by atoms with Crippen molar-refractivity contribution < 1.29 is 37.0 Å². The topological polar surface area (TPSA) is 118 Å². The van der Waals surface area contributed by atoms with E-state index in [2.05, 4.69) is 10.3 Å². The van der Waals surface area contributed by atoms with Gasteiger partial charge in [-0.25, -0.2) is 4.90 Å². The minimum absolute atomic E-state index is 0.0516. The van der Waals surface area contributed by atoms with Crippen LogP contribution in [0.25, 0.3) is 0 Å². The number of aromatic nitrogens is 1. The number of thioether (sulfide) groups is 1. The van der Waals surface area contributed by atoms with Crippen LogP contribution in [-0.2, 0) is 20.6 Å². The van der Waals surface area contributed by atoms with Crippen LogP contribution in [0.2, 0.25) is 0 Å². The van der Waals surface area contributed by atoms with Gasteiger partial charge in [0.15, 0.2) is 6.61 Å². The predicted molar refractivity (Wildman–Crippen MR) is 157 cm³/mol. The van der Waals surface area contributed by atoms with Crippen molar-refractivity contribution in [2.75, 3.05) is 23.9 Å². The number of carbonyl (C=O) groups is 3. The fourth-order valence-corrected chi connectivity index (χ4v) is 7.83. The standard InChI is InChI=1S/C30H22F3N3O6S2/c1-41-18-11-9-17(10-12-18)36-27(38)23-22(24-26(35-29(40)44-24)43-25(23)28(36)39)19-7-2-3-8-20(19)42-14-21(37)34-16-6-4-5-15(13-16)30(31,32)33/h2-13,22-23,25H,14H2,1H3,(H,34,37)(H,35,40)/t22-,23?,25?/m1/s1. The maximum Gasteiger partial charge on any atom is 0.416 e. The second-order valence-electron chi connectivity index (χ2n) is 9.91. The molecule has 0 spiro atoms. The Morgan fingerprint density at radius 1 is 1.00 bits per heavy atom. The van der Waals surface area contributed by atoms with Gasteiger partial charge in [0, 0.05) is 22.0 Å². The molecule has 2 unspecified atom stereocenters. The highest BCUT2D eigenvalue weighted by molar-refractivity contribution is 8.00. The molecule has 4 aromatic rings. The van der Waals surface area contributed by atoms with Crippen LogP contribution < -0.4 is 24.6 Å². The van der Waals surface area contributed by atoms with Crippen molar-refractivity contribution in [1.29, 1.82) is 0 Å². The summed E-state index contributed by atoms with van der Waals surface area (Å²) in [7, 11) is 1.50. The minimum atomic E-state index is -4.57. The van der Waals surface area contributed by atoms with Gasteiger partial charge in [-0.3, -0.25) is 19.2 Å². The summed E-state index contributed by atoms with van der Waals surface area (Å²) < 4.78 is 50.3. The molecule has 6 rings (SSSR count). The molecular formula is C30H22F3N3O6S2. The molecule has 1 aromatic heterocycles. The number of rotatable bonds is 7. The number of imide groups is 1. The Morgan fingerprint density at radius 3 is 2.48 bits per heavy atom. The number of H-pyrrole nitrogens is 1. The Morgan fingerprint density at radius 2 is 1.75 bits per heavy atom. The van der Waals surface area contributed by atoms with Crippen molar-refractivity contribution in [1.82, 2.24) is 4.98 Å². The van der Waals surface area contributed by atoms with Gasteiger partial charge in [0.2, 0.25) is 11.8 Å². The lowest BCUT2D eigenvalue weighted by Crippen LogP contribution is -2.32. The van der Waals surface area contributed by atoms with Crippen LogP contribution in [0.5, 0.6) is 11.5 Å². The second kappa shape index (κ2) is 11.5. The molecule has 2 N–H and O–H groups in total. The van der Waals surface area contributed by atoms with Crippen LogP contribution in [0.15, 0.2) is 82.6 Å². The summed E-state index contributed by atoms with van der Waals surface area (Å²) in [4.78, 5) is 56.9. The third-order valence-corrected chi connectivity index (χ3v) is 9.64. The summed E-state index contributed by atoms with van der Waals surface area (Å²) >= 11 is 2.05. The third-order valence-electron chi connectivity index (χ3n) is 7.24. The first kappa shape index (κ1) is 29.5. The molecule has 0 radical (unpaired) electrons. The molecule has 1 saturated heterocycles. The maximum atomic E-state index is 14.0. The molecule has 9 nitrogen and oxygen atoms in total. The largest absolute Gasteiger partial charge is 0.497 e. The third kappa shape index (κ3) is 5.46. The quantitative estimate of drug-likeness (QED) is 0.264. The summed E-state index contributed by atoms with van der Waals surface area (Å²) in [6, 6.07) is 17.4. The highest BCUT2D eigenvalue weighted by Crippen LogP contribution is 2.54. The number of fused-ring (bicyclic) bond motifs is 2. The summed E-state index contributed by atoms with van der Waals surface area (Å²) in [6.45, 7) is -0.552. The lowest BCUT2D eigenvalue weighted by molar-refractivity contribution is -0.137. The van der Waals surface area contributed by atoms with E-state index < -0.39 is 53.2 Å². The van der Waals surface area contributed by atoms with Crippen molar-refractivity contribution in [3.05, 3.63) is 98.5 Å². The van der Waals surface area contributed by atoms with Gasteiger partial charge in [-0.05, 0) is 48.5 Å². The molecule has 2 aliphatic heterocycles. The van der Waals surface area contributed by atoms with Crippen molar-refractivity contribution >= 4 is 52.2 Å². The number of para-hydroxylation sites is 1. The number of alkyl halides is 3. The number of thiazole rings is 1. The number of benzene rings is 3. The van der Waals surface area contributed by atoms with E-state index in [1.54, 1.807) is 48.5 Å². The lowest BCUT2D eigenvalue weighted by atomic mass is 9.82. The van der Waals surface area contributed by atoms with Crippen LogP contribution in [0, 0.1) is 5.92 Å². The number of hydrogen-bond donors (Lipinski definition) is 2. The first-order valence-corrected chi connectivity index (χ1v) is 14.8. The number of carbonyl (C=O) groups excluding carboxylic acids is 3. The number of halogens is 3. The van der Waals surface area contributed by atoms with Crippen LogP contribution in [0.4, 0.5) is 24.5 Å². The van der Waals surface area contributed by atoms with Crippen molar-refractivity contribution in [2.24, 2.45) is 5.92 Å². The molecule has 3 atom stereocenters. The minimum Gasteiger partial charge on any atom is -0.497 e. The maximum absolute atomic E-state index is 14.0. The average Bonchev–Trinajstić information content (AvgIpc) is 3.50. The zero-order chi connectivity index (χ0) is 31.2. The molecule has 0 aliphatic carbocycles. The van der Waals surface area contributed by atoms with Crippen LogP contribution in [0.3, 0.4) is 0 Å². The number of nitrogens with zero attached hydrogens (tertiary/aromatic N) is 1. The van der Waals surface area contributed by atoms with Gasteiger partial charge in [-0.15, -0.1) is 0 Å². The van der Waals surface area contributed by atoms with Gasteiger partial charge in [0.05, 0.1) is 29.3 Å². The number of nitrogens with one attached hydrogen (secondary N) is 2. The Labute approximate surface area is 256 Å². The number of methoxy groups -OCH3 is 1. The summed E-state index contributed by atoms with van der Waals surface area (Å²) in [5, 5.41) is 2.03. The molecule has 3 aromatic carbocycles. The molecule has 226 valence electrons. The fourth-order valence-electron chi connectivity index (χ4n) is 5.32. The van der Waals surface area contributed by atoms with Gasteiger partial charge in [0.25, 0.3) is 5.91 Å². The summed E-state index contributed by atoms with van der Waals surface area (Å²) in [5.41, 5.74) is -0.109. The summed E-state index contributed by atoms with van der Waals surface area (Å²) in [5.74, 6) is -2.47. The zero-order valence-corrected chi connectivity index (χ0v) is 24.3. The average molecular weight is 642 g/mol. The Bertz CT molecular complexity index is 1820. The van der Waals surface area contributed by atoms with E-state index in [4.69, 9.17) is 9.47 Å². The summed E-state index contributed by atoms with van der Waals surface area (Å²) in [6.07, 6.45) is -4.57.